The summed E-state index contributed by atoms with van der Waals surface area (Å²) in [6, 6.07) is 25.3. The fraction of sp³-hybridized carbons (Fsp3) is 0.208. The molecule has 0 aliphatic rings. The van der Waals surface area contributed by atoms with E-state index in [1.54, 1.807) is 0 Å². The van der Waals surface area contributed by atoms with Crippen molar-refractivity contribution in [2.45, 2.75) is 33.1 Å². The highest BCUT2D eigenvalue weighted by Crippen LogP contribution is 2.24. The Balaban J connectivity index is 1.78. The van der Waals surface area contributed by atoms with Gasteiger partial charge in [0.25, 0.3) is 0 Å². The predicted molar refractivity (Wildman–Crippen MR) is 121 cm³/mol. The number of thiocarbonyl (C=S) groups is 1. The summed E-state index contributed by atoms with van der Waals surface area (Å²) >= 11 is 5.64. The lowest BCUT2D eigenvalue weighted by Gasteiger charge is -2.18. The van der Waals surface area contributed by atoms with E-state index in [4.69, 9.17) is 12.2 Å². The zero-order valence-electron chi connectivity index (χ0n) is 16.0. The van der Waals surface area contributed by atoms with Crippen LogP contribution in [-0.4, -0.2) is 5.11 Å². The third-order valence-corrected chi connectivity index (χ3v) is 4.94. The summed E-state index contributed by atoms with van der Waals surface area (Å²) in [6.45, 7) is 4.34. The van der Waals surface area contributed by atoms with Crippen LogP contribution >= 0.6 is 12.2 Å². The number of hydrogen-bond acceptors (Lipinski definition) is 1. The summed E-state index contributed by atoms with van der Waals surface area (Å²) < 4.78 is 0. The lowest BCUT2D eigenvalue weighted by atomic mass is 10.0. The molecule has 0 radical (unpaired) electrons. The Morgan fingerprint density at radius 3 is 1.96 bits per heavy atom. The van der Waals surface area contributed by atoms with E-state index in [2.05, 4.69) is 85.1 Å². The Morgan fingerprint density at radius 2 is 1.30 bits per heavy atom. The van der Waals surface area contributed by atoms with Crippen molar-refractivity contribution in [3.63, 3.8) is 0 Å². The molecule has 3 rings (SSSR count). The average molecular weight is 375 g/mol. The maximum absolute atomic E-state index is 5.64. The zero-order chi connectivity index (χ0) is 19.1. The topological polar surface area (TPSA) is 24.1 Å². The molecule has 0 bridgehead atoms. The number of rotatable bonds is 6. The van der Waals surface area contributed by atoms with Crippen LogP contribution in [0, 0.1) is 0 Å². The Hall–Kier alpha value is -2.65. The maximum atomic E-state index is 5.64. The van der Waals surface area contributed by atoms with Crippen LogP contribution in [0.15, 0.2) is 72.8 Å². The van der Waals surface area contributed by atoms with Crippen molar-refractivity contribution in [2.75, 3.05) is 10.6 Å². The molecule has 3 heteroatoms. The normalized spacial score (nSPS) is 10.4. The number of benzene rings is 3. The maximum Gasteiger partial charge on any atom is 0.175 e. The van der Waals surface area contributed by atoms with Crippen molar-refractivity contribution in [1.29, 1.82) is 0 Å². The molecule has 3 aromatic carbocycles. The molecule has 2 N–H and O–H groups in total. The van der Waals surface area contributed by atoms with E-state index >= 15 is 0 Å². The van der Waals surface area contributed by atoms with Gasteiger partial charge >= 0.3 is 0 Å². The molecule has 0 saturated heterocycles. The first-order valence-electron chi connectivity index (χ1n) is 9.51. The first kappa shape index (κ1) is 19.1. The van der Waals surface area contributed by atoms with Crippen LogP contribution in [0.3, 0.4) is 0 Å². The second kappa shape index (κ2) is 9.33. The van der Waals surface area contributed by atoms with Gasteiger partial charge in [0.1, 0.15) is 0 Å². The number of nitrogens with one attached hydrogen (secondary N) is 2. The van der Waals surface area contributed by atoms with E-state index in [0.29, 0.717) is 5.11 Å². The van der Waals surface area contributed by atoms with Crippen molar-refractivity contribution in [3.05, 3.63) is 95.1 Å². The third-order valence-electron chi connectivity index (χ3n) is 4.74. The van der Waals surface area contributed by atoms with Crippen LogP contribution in [0.2, 0.25) is 0 Å². The Kier molecular flexibility index (Phi) is 6.61. The van der Waals surface area contributed by atoms with E-state index in [1.165, 1.54) is 22.3 Å². The van der Waals surface area contributed by atoms with Crippen molar-refractivity contribution in [2.24, 2.45) is 0 Å². The molecule has 0 heterocycles. The predicted octanol–water partition coefficient (Wildman–Crippen LogP) is 6.21. The van der Waals surface area contributed by atoms with Crippen molar-refractivity contribution < 1.29 is 0 Å². The second-order valence-electron chi connectivity index (χ2n) is 6.56. The Labute approximate surface area is 167 Å². The largest absolute Gasteiger partial charge is 0.332 e. The van der Waals surface area contributed by atoms with Crippen molar-refractivity contribution >= 4 is 28.7 Å². The minimum absolute atomic E-state index is 0.631. The van der Waals surface area contributed by atoms with Gasteiger partial charge in [0.2, 0.25) is 0 Å². The fourth-order valence-electron chi connectivity index (χ4n) is 3.28. The lowest BCUT2D eigenvalue weighted by molar-refractivity contribution is 1.09. The molecule has 0 fully saturated rings. The molecule has 0 amide bonds. The Bertz CT molecular complexity index is 881. The van der Waals surface area contributed by atoms with Gasteiger partial charge in [-0.3, -0.25) is 0 Å². The van der Waals surface area contributed by atoms with Crippen LogP contribution < -0.4 is 10.6 Å². The first-order valence-corrected chi connectivity index (χ1v) is 9.92. The highest BCUT2D eigenvalue weighted by Gasteiger charge is 2.10. The van der Waals surface area contributed by atoms with Gasteiger partial charge in [-0.1, -0.05) is 80.6 Å². The molecular weight excluding hydrogens is 348 g/mol. The summed E-state index contributed by atoms with van der Waals surface area (Å²) in [5.74, 6) is 0. The number of hydrogen-bond donors (Lipinski definition) is 2. The van der Waals surface area contributed by atoms with Gasteiger partial charge < -0.3 is 10.6 Å². The van der Waals surface area contributed by atoms with Gasteiger partial charge in [-0.05, 0) is 59.8 Å². The van der Waals surface area contributed by atoms with Gasteiger partial charge in [-0.2, -0.15) is 0 Å². The van der Waals surface area contributed by atoms with Crippen LogP contribution in [0.1, 0.15) is 36.1 Å². The van der Waals surface area contributed by atoms with E-state index in [0.717, 1.165) is 30.6 Å². The summed E-state index contributed by atoms with van der Waals surface area (Å²) in [7, 11) is 0. The molecule has 0 spiro atoms. The molecular formula is C24H26N2S. The number of para-hydroxylation sites is 2. The molecule has 0 aliphatic carbocycles. The monoisotopic (exact) mass is 374 g/mol. The molecule has 0 saturated carbocycles. The SMILES string of the molecule is CCc1cccc(CC)c1NC(=S)Nc1ccccc1Cc1ccccc1. The lowest BCUT2D eigenvalue weighted by Crippen LogP contribution is -2.21. The van der Waals surface area contributed by atoms with Crippen molar-refractivity contribution in [1.82, 2.24) is 0 Å². The summed E-state index contributed by atoms with van der Waals surface area (Å²) in [5, 5.41) is 7.47. The summed E-state index contributed by atoms with van der Waals surface area (Å²) in [6.07, 6.45) is 2.82. The van der Waals surface area contributed by atoms with E-state index in [1.807, 2.05) is 12.1 Å². The molecule has 138 valence electrons. The molecule has 3 aromatic rings. The van der Waals surface area contributed by atoms with E-state index in [9.17, 15) is 0 Å². The molecule has 27 heavy (non-hydrogen) atoms. The molecule has 0 aromatic heterocycles. The third kappa shape index (κ3) is 4.95. The highest BCUT2D eigenvalue weighted by molar-refractivity contribution is 7.80. The van der Waals surface area contributed by atoms with E-state index < -0.39 is 0 Å². The van der Waals surface area contributed by atoms with Gasteiger partial charge in [0.05, 0.1) is 0 Å². The summed E-state index contributed by atoms with van der Waals surface area (Å²) in [4.78, 5) is 0. The minimum atomic E-state index is 0.631. The van der Waals surface area contributed by atoms with Crippen LogP contribution in [-0.2, 0) is 19.3 Å². The average Bonchev–Trinajstić information content (AvgIpc) is 2.70. The highest BCUT2D eigenvalue weighted by atomic mass is 32.1. The smallest absolute Gasteiger partial charge is 0.175 e. The number of anilines is 2. The van der Waals surface area contributed by atoms with Crippen LogP contribution in [0.4, 0.5) is 11.4 Å². The van der Waals surface area contributed by atoms with E-state index in [-0.39, 0.29) is 0 Å². The first-order chi connectivity index (χ1) is 13.2. The molecule has 2 nitrogen and oxygen atoms in total. The molecule has 0 unspecified atom stereocenters. The van der Waals surface area contributed by atoms with Crippen LogP contribution in [0.25, 0.3) is 0 Å². The van der Waals surface area contributed by atoms with Gasteiger partial charge in [0, 0.05) is 11.4 Å². The van der Waals surface area contributed by atoms with Gasteiger partial charge in [-0.25, -0.2) is 0 Å². The fourth-order valence-corrected chi connectivity index (χ4v) is 3.49. The van der Waals surface area contributed by atoms with Crippen LogP contribution in [0.5, 0.6) is 0 Å². The quantitative estimate of drug-likeness (QED) is 0.502. The number of aryl methyl sites for hydroxylation is 2. The standard InChI is InChI=1S/C24H26N2S/c1-3-19-14-10-15-20(4-2)23(19)26-24(27)25-22-16-9-8-13-21(22)17-18-11-6-5-7-12-18/h5-16H,3-4,17H2,1-2H3,(H2,25,26,27). The second-order valence-corrected chi connectivity index (χ2v) is 6.97. The van der Waals surface area contributed by atoms with Gasteiger partial charge in [-0.15, -0.1) is 0 Å². The molecule has 0 aliphatic heterocycles. The minimum Gasteiger partial charge on any atom is -0.332 e. The Morgan fingerprint density at radius 1 is 0.704 bits per heavy atom. The van der Waals surface area contributed by atoms with Crippen molar-refractivity contribution in [3.8, 4) is 0 Å². The van der Waals surface area contributed by atoms with Gasteiger partial charge in [0.15, 0.2) is 5.11 Å². The zero-order valence-corrected chi connectivity index (χ0v) is 16.8. The molecule has 0 atom stereocenters. The summed E-state index contributed by atoms with van der Waals surface area (Å²) in [5.41, 5.74) is 7.28.